The Kier molecular flexibility index (Phi) is 4.87. The molecule has 2 heterocycles. The van der Waals surface area contributed by atoms with Gasteiger partial charge in [-0.2, -0.15) is 10.4 Å². The molecule has 0 spiro atoms. The van der Waals surface area contributed by atoms with E-state index in [0.717, 1.165) is 24.9 Å². The second-order valence-electron chi connectivity index (χ2n) is 6.59. The quantitative estimate of drug-likeness (QED) is 0.897. The summed E-state index contributed by atoms with van der Waals surface area (Å²) in [6.07, 6.45) is 5.99. The monoisotopic (exact) mass is 303 g/mol. The lowest BCUT2D eigenvalue weighted by Gasteiger charge is -2.29. The van der Waals surface area contributed by atoms with Gasteiger partial charge in [0.15, 0.2) is 0 Å². The minimum absolute atomic E-state index is 0.0640. The zero-order valence-corrected chi connectivity index (χ0v) is 13.8. The molecule has 0 radical (unpaired) electrons. The molecular formula is C16H25N5O. The van der Waals surface area contributed by atoms with Gasteiger partial charge >= 0.3 is 0 Å². The van der Waals surface area contributed by atoms with Crippen molar-refractivity contribution in [2.24, 2.45) is 13.0 Å². The number of carbonyl (C=O) groups is 1. The van der Waals surface area contributed by atoms with Crippen molar-refractivity contribution >= 4 is 5.91 Å². The molecule has 120 valence electrons. The van der Waals surface area contributed by atoms with E-state index in [-0.39, 0.29) is 17.9 Å². The molecule has 2 atom stereocenters. The number of amides is 1. The van der Waals surface area contributed by atoms with Crippen LogP contribution in [0, 0.1) is 17.2 Å². The van der Waals surface area contributed by atoms with E-state index in [9.17, 15) is 10.1 Å². The highest BCUT2D eigenvalue weighted by molar-refractivity contribution is 5.79. The Bertz CT molecular complexity index is 573. The van der Waals surface area contributed by atoms with Gasteiger partial charge in [-0.25, -0.2) is 0 Å². The molecule has 0 bridgehead atoms. The summed E-state index contributed by atoms with van der Waals surface area (Å²) < 4.78 is 1.79. The Morgan fingerprint density at radius 3 is 2.91 bits per heavy atom. The smallest absolute Gasteiger partial charge is 0.235 e. The molecule has 1 saturated heterocycles. The summed E-state index contributed by atoms with van der Waals surface area (Å²) in [6.45, 7) is 6.88. The minimum Gasteiger partial charge on any atom is -0.337 e. The van der Waals surface area contributed by atoms with Crippen LogP contribution in [0.1, 0.15) is 45.2 Å². The van der Waals surface area contributed by atoms with Gasteiger partial charge in [0, 0.05) is 24.8 Å². The topological polar surface area (TPSA) is 74.0 Å². The van der Waals surface area contributed by atoms with Crippen molar-refractivity contribution in [1.29, 1.82) is 5.26 Å². The number of nitrogens with zero attached hydrogens (tertiary/aromatic N) is 4. The summed E-state index contributed by atoms with van der Waals surface area (Å²) >= 11 is 0. The molecule has 0 saturated carbocycles. The molecule has 1 fully saturated rings. The fraction of sp³-hybridized carbons (Fsp3) is 0.688. The highest BCUT2D eigenvalue weighted by Crippen LogP contribution is 2.31. The van der Waals surface area contributed by atoms with Crippen LogP contribution in [0.5, 0.6) is 0 Å². The molecule has 1 amide bonds. The third-order valence-electron chi connectivity index (χ3n) is 4.61. The number of aromatic nitrogens is 2. The van der Waals surface area contributed by atoms with Crippen molar-refractivity contribution in [3.63, 3.8) is 0 Å². The fourth-order valence-electron chi connectivity index (χ4n) is 2.82. The van der Waals surface area contributed by atoms with E-state index in [0.29, 0.717) is 6.54 Å². The fourth-order valence-corrected chi connectivity index (χ4v) is 2.82. The molecule has 6 heteroatoms. The highest BCUT2D eigenvalue weighted by Gasteiger charge is 2.33. The molecule has 1 N–H and O–H groups in total. The Labute approximate surface area is 132 Å². The maximum Gasteiger partial charge on any atom is 0.235 e. The summed E-state index contributed by atoms with van der Waals surface area (Å²) in [7, 11) is 1.90. The lowest BCUT2D eigenvalue weighted by atomic mass is 9.90. The first kappa shape index (κ1) is 16.5. The van der Waals surface area contributed by atoms with Gasteiger partial charge in [-0.1, -0.05) is 13.8 Å². The zero-order valence-electron chi connectivity index (χ0n) is 13.8. The van der Waals surface area contributed by atoms with Gasteiger partial charge in [0.05, 0.1) is 18.8 Å². The number of rotatable bonds is 5. The van der Waals surface area contributed by atoms with E-state index in [1.54, 1.807) is 11.6 Å². The first-order valence-corrected chi connectivity index (χ1v) is 7.80. The molecule has 1 aromatic rings. The lowest BCUT2D eigenvalue weighted by molar-refractivity contribution is -0.124. The molecule has 0 aromatic carbocycles. The van der Waals surface area contributed by atoms with Crippen LogP contribution in [0.2, 0.25) is 0 Å². The number of hydrogen-bond donors (Lipinski definition) is 1. The minimum atomic E-state index is -0.819. The maximum absolute atomic E-state index is 12.3. The van der Waals surface area contributed by atoms with Crippen molar-refractivity contribution in [2.75, 3.05) is 13.1 Å². The Balaban J connectivity index is 2.00. The average Bonchev–Trinajstić information content (AvgIpc) is 3.07. The third-order valence-corrected chi connectivity index (χ3v) is 4.61. The summed E-state index contributed by atoms with van der Waals surface area (Å²) in [5.41, 5.74) is 0.334. The van der Waals surface area contributed by atoms with Gasteiger partial charge < -0.3 is 5.32 Å². The zero-order chi connectivity index (χ0) is 16.3. The van der Waals surface area contributed by atoms with Crippen LogP contribution in [0.15, 0.2) is 12.4 Å². The van der Waals surface area contributed by atoms with Crippen molar-refractivity contribution in [2.45, 2.75) is 45.2 Å². The molecular weight excluding hydrogens is 278 g/mol. The van der Waals surface area contributed by atoms with Gasteiger partial charge in [-0.15, -0.1) is 0 Å². The van der Waals surface area contributed by atoms with E-state index < -0.39 is 5.54 Å². The number of aryl methyl sites for hydroxylation is 1. The van der Waals surface area contributed by atoms with Gasteiger partial charge in [-0.05, 0) is 32.2 Å². The predicted molar refractivity (Wildman–Crippen MR) is 83.8 cm³/mol. The molecule has 1 aliphatic rings. The first-order chi connectivity index (χ1) is 10.4. The molecule has 2 rings (SSSR count). The van der Waals surface area contributed by atoms with E-state index in [1.807, 2.05) is 33.3 Å². The number of hydrogen-bond acceptors (Lipinski definition) is 4. The standard InChI is InChI=1S/C16H25N5O/c1-12(2)16(3,11-17)19-15(22)10-21-7-5-6-14(21)13-8-18-20(4)9-13/h8-9,12,14H,5-7,10H2,1-4H3,(H,19,22)/t14-,16-/m0/s1. The maximum atomic E-state index is 12.3. The van der Waals surface area contributed by atoms with Gasteiger partial charge in [-0.3, -0.25) is 14.4 Å². The van der Waals surface area contributed by atoms with Crippen LogP contribution in [0.25, 0.3) is 0 Å². The summed E-state index contributed by atoms with van der Waals surface area (Å²) in [6, 6.07) is 2.46. The van der Waals surface area contributed by atoms with Crippen molar-refractivity contribution in [3.8, 4) is 6.07 Å². The predicted octanol–water partition coefficient (Wildman–Crippen LogP) is 1.61. The van der Waals surface area contributed by atoms with Crippen LogP contribution in [0.4, 0.5) is 0 Å². The van der Waals surface area contributed by atoms with Crippen molar-refractivity contribution < 1.29 is 4.79 Å². The van der Waals surface area contributed by atoms with Crippen LogP contribution in [0.3, 0.4) is 0 Å². The van der Waals surface area contributed by atoms with Gasteiger partial charge in [0.2, 0.25) is 5.91 Å². The first-order valence-electron chi connectivity index (χ1n) is 7.80. The Morgan fingerprint density at radius 1 is 1.64 bits per heavy atom. The van der Waals surface area contributed by atoms with Crippen LogP contribution in [-0.2, 0) is 11.8 Å². The molecule has 0 aliphatic carbocycles. The second-order valence-corrected chi connectivity index (χ2v) is 6.59. The van der Waals surface area contributed by atoms with Crippen molar-refractivity contribution in [1.82, 2.24) is 20.0 Å². The van der Waals surface area contributed by atoms with Crippen LogP contribution < -0.4 is 5.32 Å². The number of nitriles is 1. The van der Waals surface area contributed by atoms with Gasteiger partial charge in [0.25, 0.3) is 0 Å². The second kappa shape index (κ2) is 6.49. The van der Waals surface area contributed by atoms with Crippen molar-refractivity contribution in [3.05, 3.63) is 18.0 Å². The van der Waals surface area contributed by atoms with E-state index >= 15 is 0 Å². The number of carbonyl (C=O) groups excluding carboxylic acids is 1. The Morgan fingerprint density at radius 2 is 2.36 bits per heavy atom. The van der Waals surface area contributed by atoms with E-state index in [4.69, 9.17) is 0 Å². The van der Waals surface area contributed by atoms with Crippen LogP contribution in [-0.4, -0.2) is 39.2 Å². The van der Waals surface area contributed by atoms with Crippen LogP contribution >= 0.6 is 0 Å². The molecule has 1 aliphatic heterocycles. The normalized spacial score (nSPS) is 21.5. The Hall–Kier alpha value is -1.87. The lowest BCUT2D eigenvalue weighted by Crippen LogP contribution is -2.51. The summed E-state index contributed by atoms with van der Waals surface area (Å²) in [5, 5.41) is 16.4. The highest BCUT2D eigenvalue weighted by atomic mass is 16.2. The average molecular weight is 303 g/mol. The molecule has 6 nitrogen and oxygen atoms in total. The number of likely N-dealkylation sites (tertiary alicyclic amines) is 1. The van der Waals surface area contributed by atoms with E-state index in [2.05, 4.69) is 21.4 Å². The summed E-state index contributed by atoms with van der Waals surface area (Å²) in [5.74, 6) is -0.0253. The summed E-state index contributed by atoms with van der Waals surface area (Å²) in [4.78, 5) is 14.5. The molecule has 0 unspecified atom stereocenters. The van der Waals surface area contributed by atoms with E-state index in [1.165, 1.54) is 0 Å². The largest absolute Gasteiger partial charge is 0.337 e. The number of nitrogens with one attached hydrogen (secondary N) is 1. The molecule has 22 heavy (non-hydrogen) atoms. The molecule has 1 aromatic heterocycles. The third kappa shape index (κ3) is 3.47. The SMILES string of the molecule is CC(C)[C@](C)(C#N)NC(=O)CN1CCC[C@H]1c1cnn(C)c1. The van der Waals surface area contributed by atoms with Gasteiger partial charge in [0.1, 0.15) is 5.54 Å².